The first-order valence-corrected chi connectivity index (χ1v) is 29.5. The van der Waals surface area contributed by atoms with Gasteiger partial charge in [-0.25, -0.2) is 14.4 Å². The van der Waals surface area contributed by atoms with Gasteiger partial charge in [0.1, 0.15) is 31.0 Å². The van der Waals surface area contributed by atoms with E-state index in [1.54, 1.807) is 0 Å². The molecule has 1 saturated heterocycles. The summed E-state index contributed by atoms with van der Waals surface area (Å²) in [4.78, 5) is 60.6. The molecule has 16 aliphatic carbocycles. The predicted octanol–water partition coefficient (Wildman–Crippen LogP) is 11.0. The lowest BCUT2D eigenvalue weighted by Gasteiger charge is -2.63. The Balaban J connectivity index is 0.000000131. The van der Waals surface area contributed by atoms with Gasteiger partial charge in [-0.3, -0.25) is 9.59 Å². The molecule has 0 aromatic carbocycles. The van der Waals surface area contributed by atoms with Gasteiger partial charge in [0.15, 0.2) is 19.4 Å². The fraction of sp³-hybridized carbons (Fsp3) is 0.914. The van der Waals surface area contributed by atoms with Crippen LogP contribution in [0.5, 0.6) is 0 Å². The number of hydrogen-bond donors (Lipinski definition) is 0. The third-order valence-corrected chi connectivity index (χ3v) is 21.8. The molecule has 82 heavy (non-hydrogen) atoms. The lowest BCUT2D eigenvalue weighted by Crippen LogP contribution is -2.66. The van der Waals surface area contributed by atoms with Crippen LogP contribution in [0.25, 0.3) is 0 Å². The van der Waals surface area contributed by atoms with Gasteiger partial charge in [-0.05, 0) is 194 Å². The first-order valence-electron chi connectivity index (χ1n) is 29.5. The van der Waals surface area contributed by atoms with E-state index in [4.69, 9.17) is 42.6 Å². The molecule has 17 fully saturated rings. The summed E-state index contributed by atoms with van der Waals surface area (Å²) in [6, 6.07) is 0. The molecular weight excluding hydrogens is 1110 g/mol. The molecule has 462 valence electrons. The third-order valence-electron chi connectivity index (χ3n) is 21.8. The highest BCUT2D eigenvalue weighted by atomic mass is 19.3. The monoisotopic (exact) mass is 1190 g/mol. The minimum absolute atomic E-state index is 0.0166. The van der Waals surface area contributed by atoms with E-state index in [0.717, 1.165) is 50.4 Å². The van der Waals surface area contributed by atoms with Crippen LogP contribution in [0.2, 0.25) is 0 Å². The lowest BCUT2D eigenvalue weighted by molar-refractivity contribution is -0.355. The molecule has 0 amide bonds. The molecule has 16 bridgehead atoms. The molecule has 1 spiro atoms. The first kappa shape index (κ1) is 60.2. The summed E-state index contributed by atoms with van der Waals surface area (Å²) in [7, 11) is 1.45. The van der Waals surface area contributed by atoms with E-state index in [2.05, 4.69) is 0 Å². The highest BCUT2D eigenvalue weighted by Gasteiger charge is 2.71. The predicted molar refractivity (Wildman–Crippen MR) is 261 cm³/mol. The maximum absolute atomic E-state index is 13.7. The Morgan fingerprint density at radius 1 is 0.451 bits per heavy atom. The highest BCUT2D eigenvalue weighted by Crippen LogP contribution is 2.66. The van der Waals surface area contributed by atoms with Crippen LogP contribution in [0.1, 0.15) is 149 Å². The number of carbonyl (C=O) groups is 5. The fourth-order valence-corrected chi connectivity index (χ4v) is 19.4. The van der Waals surface area contributed by atoms with Gasteiger partial charge in [0, 0.05) is 39.7 Å². The van der Waals surface area contributed by atoms with Crippen LogP contribution in [0.3, 0.4) is 0 Å². The summed E-state index contributed by atoms with van der Waals surface area (Å²) in [5.41, 5.74) is -2.28. The van der Waals surface area contributed by atoms with Crippen molar-refractivity contribution in [2.24, 2.45) is 87.8 Å². The Bertz CT molecular complexity index is 2360. The first-order chi connectivity index (χ1) is 38.2. The zero-order valence-electron chi connectivity index (χ0n) is 46.7. The van der Waals surface area contributed by atoms with E-state index < -0.39 is 107 Å². The molecule has 17 aliphatic rings. The Morgan fingerprint density at radius 3 is 1.22 bits per heavy atom. The van der Waals surface area contributed by atoms with Gasteiger partial charge in [0.05, 0.1) is 16.9 Å². The minimum atomic E-state index is -4.36. The quantitative estimate of drug-likeness (QED) is 0.0739. The molecule has 0 N–H and O–H groups in total. The van der Waals surface area contributed by atoms with Gasteiger partial charge in [0.2, 0.25) is 0 Å². The average Bonchev–Trinajstić information content (AvgIpc) is 2.45. The number of carbonyl (C=O) groups excluding carboxylic acids is 5. The molecule has 1 heterocycles. The van der Waals surface area contributed by atoms with Crippen molar-refractivity contribution in [1.29, 1.82) is 0 Å². The Morgan fingerprint density at radius 2 is 0.829 bits per heavy atom. The number of halogens is 10. The maximum Gasteiger partial charge on any atom is 0.377 e. The maximum atomic E-state index is 13.7. The molecule has 0 aromatic heterocycles. The van der Waals surface area contributed by atoms with Crippen LogP contribution >= 0.6 is 0 Å². The van der Waals surface area contributed by atoms with Crippen LogP contribution in [0, 0.1) is 87.8 Å². The zero-order chi connectivity index (χ0) is 59.0. The Hall–Kier alpha value is -3.51. The van der Waals surface area contributed by atoms with Crippen LogP contribution in [0.4, 0.5) is 43.9 Å². The van der Waals surface area contributed by atoms with Crippen LogP contribution in [-0.2, 0) is 66.6 Å². The van der Waals surface area contributed by atoms with Crippen LogP contribution in [0.15, 0.2) is 0 Å². The molecule has 1 aliphatic heterocycles. The van der Waals surface area contributed by atoms with Crippen molar-refractivity contribution in [2.75, 3.05) is 33.9 Å². The van der Waals surface area contributed by atoms with Crippen molar-refractivity contribution in [3.8, 4) is 0 Å². The van der Waals surface area contributed by atoms with Crippen molar-refractivity contribution in [1.82, 2.24) is 0 Å². The summed E-state index contributed by atoms with van der Waals surface area (Å²) in [6.45, 7) is -1.44. The minimum Gasteiger partial charge on any atom is -0.457 e. The van der Waals surface area contributed by atoms with Gasteiger partial charge in [-0.15, -0.1) is 0 Å². The number of rotatable bonds is 13. The van der Waals surface area contributed by atoms with Crippen molar-refractivity contribution >= 4 is 29.8 Å². The molecule has 14 nitrogen and oxygen atoms in total. The standard InChI is InChI=1S/C25H34F2O5.C17H20F6O4.C16H22F2O5/c1-24(26,27)22(28)32-21-18-7-15-8-19(21)11-25(9-15,10-18)23(29)31-12-30-20-16-3-13-2-14(5-16)6-17(20)4-13;1-13(18,19)12(24)27-14-4-9-2-10(5-14)17(11(3-9)6-14)25-7-15(20,21)16(22,23)8-26-17;1-15(17,18)13(19)23-12-10-3-9-4-11(12)7-16(5-9,6-10)14(20)22-8-21-2/h13-21H,2-12H2,1H3;9-11H,2-8H2,1H3;9-12H,3-8H2,1-2H3. The molecule has 16 saturated carbocycles. The van der Waals surface area contributed by atoms with E-state index in [-0.39, 0.29) is 74.1 Å². The second-order valence-electron chi connectivity index (χ2n) is 28.0. The molecule has 6 atom stereocenters. The summed E-state index contributed by atoms with van der Waals surface area (Å²) in [5, 5.41) is 0. The SMILES string of the molecule is CC(F)(F)C(=O)OC12CC3CC(C1)C1(OCC(F)(F)C(F)(F)CO1)C(C3)C2.CC(F)(F)C(=O)OC1C2CC3CC1CC(C(=O)OCOC1C4CC5CC(C4)CC1C5)(C3)C2.COCOC(=O)C12CC3CC(C1)C(OC(=O)C(C)(F)F)C(C3)C2. The number of hydrogen-bond acceptors (Lipinski definition) is 14. The van der Waals surface area contributed by atoms with Crippen molar-refractivity contribution in [3.05, 3.63) is 0 Å². The summed E-state index contributed by atoms with van der Waals surface area (Å²) >= 11 is 0. The van der Waals surface area contributed by atoms with E-state index >= 15 is 0 Å². The van der Waals surface area contributed by atoms with Gasteiger partial charge in [-0.2, -0.15) is 43.9 Å². The van der Waals surface area contributed by atoms with Gasteiger partial charge in [-0.1, -0.05) is 0 Å². The number of alkyl halides is 10. The fourth-order valence-electron chi connectivity index (χ4n) is 19.4. The Labute approximate surface area is 469 Å². The smallest absolute Gasteiger partial charge is 0.377 e. The van der Waals surface area contributed by atoms with Crippen LogP contribution < -0.4 is 0 Å². The number of ether oxygens (including phenoxy) is 9. The summed E-state index contributed by atoms with van der Waals surface area (Å²) in [6.07, 6.45) is 14.2. The highest BCUT2D eigenvalue weighted by molar-refractivity contribution is 5.80. The second kappa shape index (κ2) is 21.1. The van der Waals surface area contributed by atoms with Crippen molar-refractivity contribution in [3.63, 3.8) is 0 Å². The zero-order valence-corrected chi connectivity index (χ0v) is 46.7. The Kier molecular flexibility index (Phi) is 15.5. The van der Waals surface area contributed by atoms with Crippen molar-refractivity contribution < 1.29 is 111 Å². The van der Waals surface area contributed by atoms with Crippen molar-refractivity contribution in [2.45, 2.75) is 209 Å². The molecule has 24 heteroatoms. The molecular formula is C58H76F10O14. The van der Waals surface area contributed by atoms with E-state index in [1.807, 2.05) is 0 Å². The van der Waals surface area contributed by atoms with E-state index in [9.17, 15) is 67.9 Å². The summed E-state index contributed by atoms with van der Waals surface area (Å²) in [5.74, 6) is -23.5. The lowest BCUT2D eigenvalue weighted by atomic mass is 9.48. The molecule has 17 rings (SSSR count). The third kappa shape index (κ3) is 11.2. The van der Waals surface area contributed by atoms with Crippen LogP contribution in [-0.4, -0.2) is 123 Å². The van der Waals surface area contributed by atoms with Gasteiger partial charge >= 0.3 is 59.5 Å². The normalized spacial score (nSPS) is 43.2. The second-order valence-corrected chi connectivity index (χ2v) is 28.0. The van der Waals surface area contributed by atoms with Gasteiger partial charge < -0.3 is 42.6 Å². The topological polar surface area (TPSA) is 168 Å². The van der Waals surface area contributed by atoms with E-state index in [0.29, 0.717) is 89.4 Å². The largest absolute Gasteiger partial charge is 0.457 e. The summed E-state index contributed by atoms with van der Waals surface area (Å²) < 4.78 is 182. The number of esters is 5. The molecule has 6 unspecified atom stereocenters. The molecule has 0 radical (unpaired) electrons. The average molecular weight is 1190 g/mol. The molecule has 0 aromatic rings. The number of methoxy groups -OCH3 is 1. The van der Waals surface area contributed by atoms with E-state index in [1.165, 1.54) is 39.2 Å². The van der Waals surface area contributed by atoms with Gasteiger partial charge in [0.25, 0.3) is 0 Å².